The Morgan fingerprint density at radius 1 is 1.39 bits per heavy atom. The van der Waals surface area contributed by atoms with Crippen LogP contribution < -0.4 is 5.32 Å². The smallest absolute Gasteiger partial charge is 0.152 e. The van der Waals surface area contributed by atoms with Crippen molar-refractivity contribution in [3.8, 4) is 0 Å². The predicted octanol–water partition coefficient (Wildman–Crippen LogP) is 1.32. The first-order valence-electron chi connectivity index (χ1n) is 6.03. The van der Waals surface area contributed by atoms with Gasteiger partial charge in [-0.2, -0.15) is 0 Å². The maximum Gasteiger partial charge on any atom is 0.152 e. The largest absolute Gasteiger partial charge is 0.367 e. The lowest BCUT2D eigenvalue weighted by atomic mass is 10.2. The van der Waals surface area contributed by atoms with Crippen LogP contribution in [0.4, 0.5) is 5.82 Å². The Kier molecular flexibility index (Phi) is 2.74. The van der Waals surface area contributed by atoms with Crippen molar-refractivity contribution >= 4 is 21.3 Å². The summed E-state index contributed by atoms with van der Waals surface area (Å²) in [4.78, 5) is 4.21. The summed E-state index contributed by atoms with van der Waals surface area (Å²) in [5, 5.41) is 3.31. The van der Waals surface area contributed by atoms with E-state index in [-0.39, 0.29) is 11.8 Å². The Bertz CT molecular complexity index is 663. The summed E-state index contributed by atoms with van der Waals surface area (Å²) in [6, 6.07) is 5.78. The zero-order chi connectivity index (χ0) is 12.6. The SMILES string of the molecule is O=S1(=O)CCCC(Nc2cccc3nccn23)C1. The molecule has 1 unspecified atom stereocenters. The van der Waals surface area contributed by atoms with Gasteiger partial charge in [-0.25, -0.2) is 13.4 Å². The summed E-state index contributed by atoms with van der Waals surface area (Å²) in [6.07, 6.45) is 5.23. The normalized spacial score (nSPS) is 23.0. The third kappa shape index (κ3) is 2.20. The number of hydrogen-bond donors (Lipinski definition) is 1. The molecule has 2 aromatic heterocycles. The van der Waals surface area contributed by atoms with Crippen molar-refractivity contribution in [2.75, 3.05) is 16.8 Å². The van der Waals surface area contributed by atoms with E-state index in [4.69, 9.17) is 0 Å². The molecule has 6 heteroatoms. The Morgan fingerprint density at radius 3 is 3.11 bits per heavy atom. The van der Waals surface area contributed by atoms with Gasteiger partial charge in [0.25, 0.3) is 0 Å². The summed E-state index contributed by atoms with van der Waals surface area (Å²) < 4.78 is 25.1. The van der Waals surface area contributed by atoms with Crippen LogP contribution in [0.25, 0.3) is 5.65 Å². The van der Waals surface area contributed by atoms with Gasteiger partial charge in [-0.3, -0.25) is 4.40 Å². The molecule has 0 aliphatic carbocycles. The number of aromatic nitrogens is 2. The second kappa shape index (κ2) is 4.28. The topological polar surface area (TPSA) is 63.5 Å². The van der Waals surface area contributed by atoms with Crippen molar-refractivity contribution in [1.29, 1.82) is 0 Å². The Morgan fingerprint density at radius 2 is 2.28 bits per heavy atom. The Hall–Kier alpha value is -1.56. The number of nitrogens with one attached hydrogen (secondary N) is 1. The maximum absolute atomic E-state index is 11.6. The standard InChI is InChI=1S/C12H15N3O2S/c16-18(17)8-2-3-10(9-18)14-12-5-1-4-11-13-6-7-15(11)12/h1,4-7,10,14H,2-3,8-9H2. The molecule has 1 N–H and O–H groups in total. The van der Waals surface area contributed by atoms with Crippen molar-refractivity contribution < 1.29 is 8.42 Å². The number of hydrogen-bond acceptors (Lipinski definition) is 4. The van der Waals surface area contributed by atoms with Gasteiger partial charge in [-0.1, -0.05) is 6.07 Å². The highest BCUT2D eigenvalue weighted by atomic mass is 32.2. The fraction of sp³-hybridized carbons (Fsp3) is 0.417. The van der Waals surface area contributed by atoms with Gasteiger partial charge in [0, 0.05) is 18.4 Å². The van der Waals surface area contributed by atoms with Crippen LogP contribution >= 0.6 is 0 Å². The third-order valence-corrected chi connectivity index (χ3v) is 5.06. The van der Waals surface area contributed by atoms with E-state index in [0.717, 1.165) is 24.3 Å². The molecule has 0 spiro atoms. The molecule has 1 fully saturated rings. The Balaban J connectivity index is 1.86. The molecule has 0 bridgehead atoms. The fourth-order valence-corrected chi connectivity index (χ4v) is 4.05. The van der Waals surface area contributed by atoms with Gasteiger partial charge >= 0.3 is 0 Å². The lowest BCUT2D eigenvalue weighted by molar-refractivity contribution is 0.561. The van der Waals surface area contributed by atoms with Crippen molar-refractivity contribution in [3.05, 3.63) is 30.6 Å². The molecule has 0 saturated carbocycles. The molecule has 18 heavy (non-hydrogen) atoms. The zero-order valence-electron chi connectivity index (χ0n) is 9.91. The van der Waals surface area contributed by atoms with Crippen LogP contribution in [0.15, 0.2) is 30.6 Å². The lowest BCUT2D eigenvalue weighted by Gasteiger charge is -2.24. The molecule has 96 valence electrons. The Labute approximate surface area is 106 Å². The molecule has 0 radical (unpaired) electrons. The lowest BCUT2D eigenvalue weighted by Crippen LogP contribution is -2.35. The molecule has 1 atom stereocenters. The number of pyridine rings is 1. The number of nitrogens with zero attached hydrogens (tertiary/aromatic N) is 2. The van der Waals surface area contributed by atoms with E-state index in [1.54, 1.807) is 6.20 Å². The van der Waals surface area contributed by atoms with E-state index in [1.165, 1.54) is 0 Å². The third-order valence-electron chi connectivity index (χ3n) is 3.24. The summed E-state index contributed by atoms with van der Waals surface area (Å²) in [5.41, 5.74) is 0.860. The molecule has 1 saturated heterocycles. The van der Waals surface area contributed by atoms with Gasteiger partial charge in [-0.15, -0.1) is 0 Å². The van der Waals surface area contributed by atoms with Gasteiger partial charge in [0.2, 0.25) is 0 Å². The van der Waals surface area contributed by atoms with E-state index in [0.29, 0.717) is 5.75 Å². The summed E-state index contributed by atoms with van der Waals surface area (Å²) in [6.45, 7) is 0. The van der Waals surface area contributed by atoms with Crippen molar-refractivity contribution in [1.82, 2.24) is 9.38 Å². The van der Waals surface area contributed by atoms with Crippen LogP contribution in [0.5, 0.6) is 0 Å². The first-order chi connectivity index (χ1) is 8.64. The van der Waals surface area contributed by atoms with E-state index < -0.39 is 9.84 Å². The number of fused-ring (bicyclic) bond motifs is 1. The van der Waals surface area contributed by atoms with Crippen LogP contribution in [0.1, 0.15) is 12.8 Å². The number of anilines is 1. The summed E-state index contributed by atoms with van der Waals surface area (Å²) in [5.74, 6) is 1.44. The van der Waals surface area contributed by atoms with Crippen molar-refractivity contribution in [3.63, 3.8) is 0 Å². The highest BCUT2D eigenvalue weighted by molar-refractivity contribution is 7.91. The first-order valence-corrected chi connectivity index (χ1v) is 7.85. The second-order valence-electron chi connectivity index (χ2n) is 4.66. The molecule has 0 aromatic carbocycles. The van der Waals surface area contributed by atoms with Crippen LogP contribution in [-0.4, -0.2) is 35.4 Å². The second-order valence-corrected chi connectivity index (χ2v) is 6.89. The van der Waals surface area contributed by atoms with Crippen LogP contribution in [0.2, 0.25) is 0 Å². The van der Waals surface area contributed by atoms with Crippen molar-refractivity contribution in [2.45, 2.75) is 18.9 Å². The fourth-order valence-electron chi connectivity index (χ4n) is 2.41. The summed E-state index contributed by atoms with van der Waals surface area (Å²) in [7, 11) is -2.88. The molecule has 5 nitrogen and oxygen atoms in total. The quantitative estimate of drug-likeness (QED) is 0.889. The maximum atomic E-state index is 11.6. The van der Waals surface area contributed by atoms with Crippen LogP contribution in [0.3, 0.4) is 0 Å². The van der Waals surface area contributed by atoms with E-state index in [1.807, 2.05) is 28.8 Å². The van der Waals surface area contributed by atoms with E-state index in [9.17, 15) is 8.42 Å². The first kappa shape index (κ1) is 11.5. The molecule has 0 amide bonds. The number of sulfone groups is 1. The molecule has 3 rings (SSSR count). The average molecular weight is 265 g/mol. The van der Waals surface area contributed by atoms with Gasteiger partial charge in [0.05, 0.1) is 11.5 Å². The highest BCUT2D eigenvalue weighted by Gasteiger charge is 2.24. The number of imidazole rings is 1. The molecule has 3 heterocycles. The molecular weight excluding hydrogens is 250 g/mol. The van der Waals surface area contributed by atoms with Crippen LogP contribution in [-0.2, 0) is 9.84 Å². The monoisotopic (exact) mass is 265 g/mol. The molecular formula is C12H15N3O2S. The predicted molar refractivity (Wildman–Crippen MR) is 70.5 cm³/mol. The number of rotatable bonds is 2. The minimum absolute atomic E-state index is 0.00301. The van der Waals surface area contributed by atoms with Crippen LogP contribution in [0, 0.1) is 0 Å². The van der Waals surface area contributed by atoms with Gasteiger partial charge in [0.1, 0.15) is 11.5 Å². The van der Waals surface area contributed by atoms with Crippen molar-refractivity contribution in [2.24, 2.45) is 0 Å². The highest BCUT2D eigenvalue weighted by Crippen LogP contribution is 2.18. The molecule has 2 aromatic rings. The van der Waals surface area contributed by atoms with E-state index in [2.05, 4.69) is 10.3 Å². The van der Waals surface area contributed by atoms with Gasteiger partial charge in [0.15, 0.2) is 9.84 Å². The molecule has 1 aliphatic rings. The molecule has 1 aliphatic heterocycles. The minimum Gasteiger partial charge on any atom is -0.367 e. The van der Waals surface area contributed by atoms with E-state index >= 15 is 0 Å². The zero-order valence-corrected chi connectivity index (χ0v) is 10.7. The minimum atomic E-state index is -2.88. The van der Waals surface area contributed by atoms with Gasteiger partial charge < -0.3 is 5.32 Å². The average Bonchev–Trinajstić information content (AvgIpc) is 2.77. The summed E-state index contributed by atoms with van der Waals surface area (Å²) >= 11 is 0. The van der Waals surface area contributed by atoms with Gasteiger partial charge in [-0.05, 0) is 25.0 Å².